The Kier molecular flexibility index (Phi) is 4.00. The van der Waals surface area contributed by atoms with Gasteiger partial charge in [-0.3, -0.25) is 0 Å². The zero-order chi connectivity index (χ0) is 10.7. The highest BCUT2D eigenvalue weighted by molar-refractivity contribution is 4.90. The second-order valence-electron chi connectivity index (χ2n) is 5.41. The van der Waals surface area contributed by atoms with Crippen molar-refractivity contribution in [2.75, 3.05) is 45.9 Å². The molecule has 0 aromatic carbocycles. The van der Waals surface area contributed by atoms with Crippen molar-refractivity contribution in [1.29, 1.82) is 0 Å². The number of hydrogen-bond donors (Lipinski definition) is 1. The molecule has 3 nitrogen and oxygen atoms in total. The third kappa shape index (κ3) is 3.16. The number of nitrogens with one attached hydrogen (secondary N) is 1. The van der Waals surface area contributed by atoms with Crippen molar-refractivity contribution in [1.82, 2.24) is 10.2 Å². The van der Waals surface area contributed by atoms with E-state index in [0.717, 1.165) is 31.6 Å². The first-order valence-corrected chi connectivity index (χ1v) is 6.26. The summed E-state index contributed by atoms with van der Waals surface area (Å²) in [6.07, 6.45) is 0. The van der Waals surface area contributed by atoms with Crippen molar-refractivity contribution in [3.05, 3.63) is 0 Å². The van der Waals surface area contributed by atoms with E-state index < -0.39 is 0 Å². The highest BCUT2D eigenvalue weighted by atomic mass is 16.5. The molecule has 2 saturated heterocycles. The molecule has 2 aliphatic rings. The molecule has 0 saturated carbocycles. The van der Waals surface area contributed by atoms with Crippen LogP contribution in [0.25, 0.3) is 0 Å². The maximum atomic E-state index is 5.62. The maximum Gasteiger partial charge on any atom is 0.0593 e. The van der Waals surface area contributed by atoms with E-state index in [2.05, 4.69) is 24.1 Å². The smallest absolute Gasteiger partial charge is 0.0593 e. The van der Waals surface area contributed by atoms with E-state index in [0.29, 0.717) is 5.92 Å². The molecule has 0 aromatic rings. The number of ether oxygens (including phenoxy) is 1. The van der Waals surface area contributed by atoms with Crippen LogP contribution in [0.15, 0.2) is 0 Å². The van der Waals surface area contributed by atoms with Gasteiger partial charge in [0.15, 0.2) is 0 Å². The van der Waals surface area contributed by atoms with Crippen molar-refractivity contribution in [2.24, 2.45) is 17.8 Å². The largest absolute Gasteiger partial charge is 0.380 e. The average molecular weight is 212 g/mol. The van der Waals surface area contributed by atoms with Gasteiger partial charge in [-0.25, -0.2) is 0 Å². The van der Waals surface area contributed by atoms with E-state index in [-0.39, 0.29) is 0 Å². The zero-order valence-corrected chi connectivity index (χ0v) is 10.0. The minimum atomic E-state index is 0.659. The van der Waals surface area contributed by atoms with Gasteiger partial charge in [0.2, 0.25) is 0 Å². The van der Waals surface area contributed by atoms with E-state index >= 15 is 0 Å². The van der Waals surface area contributed by atoms with Gasteiger partial charge in [0.05, 0.1) is 6.61 Å². The first-order valence-electron chi connectivity index (χ1n) is 6.26. The van der Waals surface area contributed by atoms with Gasteiger partial charge in [-0.1, -0.05) is 13.8 Å². The van der Waals surface area contributed by atoms with Gasteiger partial charge >= 0.3 is 0 Å². The summed E-state index contributed by atoms with van der Waals surface area (Å²) in [7, 11) is 0. The summed E-state index contributed by atoms with van der Waals surface area (Å²) in [6.45, 7) is 12.4. The van der Waals surface area contributed by atoms with Gasteiger partial charge in [0.1, 0.15) is 0 Å². The molecule has 0 aliphatic carbocycles. The molecular weight excluding hydrogens is 188 g/mol. The molecule has 88 valence electrons. The summed E-state index contributed by atoms with van der Waals surface area (Å²) in [4.78, 5) is 2.57. The number of nitrogens with zero attached hydrogens (tertiary/aromatic N) is 1. The highest BCUT2D eigenvalue weighted by Gasteiger charge is 2.35. The van der Waals surface area contributed by atoms with Crippen LogP contribution in [0, 0.1) is 17.8 Å². The van der Waals surface area contributed by atoms with Gasteiger partial charge in [-0.15, -0.1) is 0 Å². The first-order chi connectivity index (χ1) is 7.25. The molecule has 2 atom stereocenters. The predicted molar refractivity (Wildman–Crippen MR) is 61.9 cm³/mol. The third-order valence-corrected chi connectivity index (χ3v) is 3.47. The number of rotatable bonds is 5. The summed E-state index contributed by atoms with van der Waals surface area (Å²) in [5.74, 6) is 2.48. The molecule has 15 heavy (non-hydrogen) atoms. The molecule has 0 bridgehead atoms. The lowest BCUT2D eigenvalue weighted by atomic mass is 10.0. The fraction of sp³-hybridized carbons (Fsp3) is 1.00. The zero-order valence-electron chi connectivity index (χ0n) is 10.0. The van der Waals surface area contributed by atoms with Gasteiger partial charge in [0.25, 0.3) is 0 Å². The van der Waals surface area contributed by atoms with E-state index in [4.69, 9.17) is 4.74 Å². The van der Waals surface area contributed by atoms with Crippen molar-refractivity contribution >= 4 is 0 Å². The van der Waals surface area contributed by atoms with Crippen LogP contribution in [0.1, 0.15) is 13.8 Å². The average Bonchev–Trinajstić information content (AvgIpc) is 2.71. The van der Waals surface area contributed by atoms with Crippen LogP contribution < -0.4 is 5.32 Å². The van der Waals surface area contributed by atoms with Crippen molar-refractivity contribution < 1.29 is 4.74 Å². The molecular formula is C12H24N2O. The summed E-state index contributed by atoms with van der Waals surface area (Å²) < 4.78 is 5.62. The topological polar surface area (TPSA) is 24.5 Å². The molecule has 0 amide bonds. The normalized spacial score (nSPS) is 31.4. The lowest BCUT2D eigenvalue weighted by Crippen LogP contribution is -2.29. The van der Waals surface area contributed by atoms with Gasteiger partial charge < -0.3 is 15.0 Å². The Balaban J connectivity index is 1.57. The van der Waals surface area contributed by atoms with Crippen LogP contribution >= 0.6 is 0 Å². The van der Waals surface area contributed by atoms with Crippen LogP contribution in [0.3, 0.4) is 0 Å². The Morgan fingerprint density at radius 2 is 1.93 bits per heavy atom. The first kappa shape index (κ1) is 11.4. The summed E-state index contributed by atoms with van der Waals surface area (Å²) >= 11 is 0. The Labute approximate surface area is 93.2 Å². The van der Waals surface area contributed by atoms with Crippen LogP contribution in [-0.4, -0.2) is 50.8 Å². The molecule has 0 radical (unpaired) electrons. The molecule has 1 N–H and O–H groups in total. The minimum Gasteiger partial charge on any atom is -0.380 e. The fourth-order valence-electron chi connectivity index (χ4n) is 2.65. The number of likely N-dealkylation sites (tertiary alicyclic amines) is 1. The maximum absolute atomic E-state index is 5.62. The molecule has 2 rings (SSSR count). The highest BCUT2D eigenvalue weighted by Crippen LogP contribution is 2.25. The second-order valence-corrected chi connectivity index (χ2v) is 5.41. The Bertz CT molecular complexity index is 184. The summed E-state index contributed by atoms with van der Waals surface area (Å²) in [5.41, 5.74) is 0. The molecule has 3 heteroatoms. The van der Waals surface area contributed by atoms with E-state index in [1.54, 1.807) is 0 Å². The number of fused-ring (bicyclic) bond motifs is 1. The lowest BCUT2D eigenvalue weighted by Gasteiger charge is -2.17. The van der Waals surface area contributed by atoms with Crippen LogP contribution in [0.4, 0.5) is 0 Å². The van der Waals surface area contributed by atoms with E-state index in [1.165, 1.54) is 26.2 Å². The molecule has 2 fully saturated rings. The Morgan fingerprint density at radius 3 is 2.53 bits per heavy atom. The number of hydrogen-bond acceptors (Lipinski definition) is 3. The SMILES string of the molecule is CC(C)COCCN1C[C@H]2CNC[C@H]2C1. The molecule has 2 heterocycles. The Hall–Kier alpha value is -0.120. The van der Waals surface area contributed by atoms with Gasteiger partial charge in [0, 0.05) is 26.2 Å². The lowest BCUT2D eigenvalue weighted by molar-refractivity contribution is 0.0895. The monoisotopic (exact) mass is 212 g/mol. The third-order valence-electron chi connectivity index (χ3n) is 3.47. The van der Waals surface area contributed by atoms with E-state index in [1.807, 2.05) is 0 Å². The molecule has 2 aliphatic heterocycles. The predicted octanol–water partition coefficient (Wildman–Crippen LogP) is 0.810. The van der Waals surface area contributed by atoms with E-state index in [9.17, 15) is 0 Å². The molecule has 0 aromatic heterocycles. The van der Waals surface area contributed by atoms with Gasteiger partial charge in [-0.05, 0) is 30.8 Å². The molecule has 0 unspecified atom stereocenters. The summed E-state index contributed by atoms with van der Waals surface area (Å²) in [5, 5.41) is 3.47. The van der Waals surface area contributed by atoms with Crippen LogP contribution in [-0.2, 0) is 4.74 Å². The van der Waals surface area contributed by atoms with Crippen LogP contribution in [0.2, 0.25) is 0 Å². The minimum absolute atomic E-state index is 0.659. The summed E-state index contributed by atoms with van der Waals surface area (Å²) in [6, 6.07) is 0. The Morgan fingerprint density at radius 1 is 1.27 bits per heavy atom. The van der Waals surface area contributed by atoms with Gasteiger partial charge in [-0.2, -0.15) is 0 Å². The molecule has 0 spiro atoms. The standard InChI is InChI=1S/C12H24N2O/c1-10(2)9-15-4-3-14-7-11-5-13-6-12(11)8-14/h10-13H,3-9H2,1-2H3/t11-,12+. The van der Waals surface area contributed by atoms with Crippen LogP contribution in [0.5, 0.6) is 0 Å². The quantitative estimate of drug-likeness (QED) is 0.683. The fourth-order valence-corrected chi connectivity index (χ4v) is 2.65. The van der Waals surface area contributed by atoms with Crippen molar-refractivity contribution in [2.45, 2.75) is 13.8 Å². The van der Waals surface area contributed by atoms with Crippen molar-refractivity contribution in [3.63, 3.8) is 0 Å². The second kappa shape index (κ2) is 5.28. The van der Waals surface area contributed by atoms with Crippen molar-refractivity contribution in [3.8, 4) is 0 Å².